The minimum Gasteiger partial charge on any atom is -0.260 e. The number of rotatable bonds is 3. The molecular formula is C9H12BrN. The van der Waals surface area contributed by atoms with Crippen LogP contribution < -0.4 is 0 Å². The molecule has 60 valence electrons. The molecule has 2 heteroatoms. The van der Waals surface area contributed by atoms with Gasteiger partial charge in [0, 0.05) is 10.7 Å². The van der Waals surface area contributed by atoms with Gasteiger partial charge in [-0.1, -0.05) is 13.3 Å². The Bertz CT molecular complexity index is 223. The van der Waals surface area contributed by atoms with E-state index in [0.717, 1.165) is 10.9 Å². The monoisotopic (exact) mass is 213 g/mol. The Morgan fingerprint density at radius 1 is 1.55 bits per heavy atom. The number of pyridine rings is 1. The Hall–Kier alpha value is -0.370. The summed E-state index contributed by atoms with van der Waals surface area (Å²) in [5.74, 6) is 0. The fraction of sp³-hybridized carbons (Fsp3) is 0.444. The Balaban J connectivity index is 2.62. The molecule has 1 rings (SSSR count). The van der Waals surface area contributed by atoms with Crippen molar-refractivity contribution < 1.29 is 0 Å². The summed E-state index contributed by atoms with van der Waals surface area (Å²) in [6, 6.07) is 3.98. The SMILES string of the molecule is CCCCc1ncccc1Br. The van der Waals surface area contributed by atoms with E-state index in [1.54, 1.807) is 0 Å². The van der Waals surface area contributed by atoms with Crippen LogP contribution in [0.15, 0.2) is 22.8 Å². The first-order valence-corrected chi connectivity index (χ1v) is 4.73. The standard InChI is InChI=1S/C9H12BrN/c1-2-3-6-9-8(10)5-4-7-11-9/h4-5,7H,2-3,6H2,1H3. The summed E-state index contributed by atoms with van der Waals surface area (Å²) in [6.45, 7) is 2.19. The summed E-state index contributed by atoms with van der Waals surface area (Å²) in [4.78, 5) is 4.27. The fourth-order valence-electron chi connectivity index (χ4n) is 0.947. The van der Waals surface area contributed by atoms with E-state index in [1.165, 1.54) is 18.5 Å². The van der Waals surface area contributed by atoms with Crippen molar-refractivity contribution in [2.75, 3.05) is 0 Å². The van der Waals surface area contributed by atoms with Gasteiger partial charge < -0.3 is 0 Å². The van der Waals surface area contributed by atoms with Gasteiger partial charge in [-0.15, -0.1) is 0 Å². The van der Waals surface area contributed by atoms with Crippen LogP contribution in [0.2, 0.25) is 0 Å². The molecule has 1 heterocycles. The van der Waals surface area contributed by atoms with Crippen LogP contribution in [0, 0.1) is 0 Å². The van der Waals surface area contributed by atoms with Gasteiger partial charge in [0.2, 0.25) is 0 Å². The van der Waals surface area contributed by atoms with Gasteiger partial charge in [-0.3, -0.25) is 4.98 Å². The number of hydrogen-bond donors (Lipinski definition) is 0. The fourth-order valence-corrected chi connectivity index (χ4v) is 1.40. The van der Waals surface area contributed by atoms with Gasteiger partial charge in [-0.05, 0) is 40.9 Å². The van der Waals surface area contributed by atoms with E-state index in [2.05, 4.69) is 27.8 Å². The normalized spacial score (nSPS) is 10.0. The quantitative estimate of drug-likeness (QED) is 0.752. The zero-order chi connectivity index (χ0) is 8.10. The molecule has 0 amide bonds. The summed E-state index contributed by atoms with van der Waals surface area (Å²) in [5, 5.41) is 0. The molecule has 0 bridgehead atoms. The Kier molecular flexibility index (Phi) is 3.57. The Morgan fingerprint density at radius 2 is 2.36 bits per heavy atom. The number of unbranched alkanes of at least 4 members (excludes halogenated alkanes) is 1. The van der Waals surface area contributed by atoms with E-state index in [4.69, 9.17) is 0 Å². The molecule has 1 aromatic rings. The van der Waals surface area contributed by atoms with Crippen molar-refractivity contribution in [3.05, 3.63) is 28.5 Å². The number of aromatic nitrogens is 1. The Morgan fingerprint density at radius 3 is 3.00 bits per heavy atom. The summed E-state index contributed by atoms with van der Waals surface area (Å²) >= 11 is 3.46. The van der Waals surface area contributed by atoms with Crippen molar-refractivity contribution in [2.24, 2.45) is 0 Å². The van der Waals surface area contributed by atoms with Crippen molar-refractivity contribution >= 4 is 15.9 Å². The minimum atomic E-state index is 1.08. The lowest BCUT2D eigenvalue weighted by molar-refractivity contribution is 0.773. The molecule has 0 aliphatic heterocycles. The number of aryl methyl sites for hydroxylation is 1. The first kappa shape index (κ1) is 8.72. The van der Waals surface area contributed by atoms with Gasteiger partial charge in [0.05, 0.1) is 5.69 Å². The second kappa shape index (κ2) is 4.50. The van der Waals surface area contributed by atoms with E-state index in [0.29, 0.717) is 0 Å². The van der Waals surface area contributed by atoms with Crippen molar-refractivity contribution in [2.45, 2.75) is 26.2 Å². The highest BCUT2D eigenvalue weighted by atomic mass is 79.9. The molecule has 1 aromatic heterocycles. The lowest BCUT2D eigenvalue weighted by Gasteiger charge is -1.99. The molecule has 0 aliphatic carbocycles. The summed E-state index contributed by atoms with van der Waals surface area (Å²) in [5.41, 5.74) is 1.18. The topological polar surface area (TPSA) is 12.9 Å². The van der Waals surface area contributed by atoms with Crippen LogP contribution in [0.3, 0.4) is 0 Å². The van der Waals surface area contributed by atoms with Gasteiger partial charge in [0.15, 0.2) is 0 Å². The molecule has 1 nitrogen and oxygen atoms in total. The van der Waals surface area contributed by atoms with Gasteiger partial charge in [0.1, 0.15) is 0 Å². The lowest BCUT2D eigenvalue weighted by atomic mass is 10.2. The molecule has 0 saturated heterocycles. The highest BCUT2D eigenvalue weighted by molar-refractivity contribution is 9.10. The number of hydrogen-bond acceptors (Lipinski definition) is 1. The third-order valence-corrected chi connectivity index (χ3v) is 2.32. The van der Waals surface area contributed by atoms with E-state index >= 15 is 0 Å². The van der Waals surface area contributed by atoms with Crippen LogP contribution >= 0.6 is 15.9 Å². The molecule has 0 N–H and O–H groups in total. The van der Waals surface area contributed by atoms with E-state index < -0.39 is 0 Å². The van der Waals surface area contributed by atoms with Gasteiger partial charge in [-0.25, -0.2) is 0 Å². The zero-order valence-electron chi connectivity index (χ0n) is 6.68. The van der Waals surface area contributed by atoms with Crippen LogP contribution in [-0.4, -0.2) is 4.98 Å². The maximum absolute atomic E-state index is 4.27. The average Bonchev–Trinajstić information content (AvgIpc) is 2.03. The van der Waals surface area contributed by atoms with Gasteiger partial charge in [0.25, 0.3) is 0 Å². The van der Waals surface area contributed by atoms with E-state index in [9.17, 15) is 0 Å². The first-order chi connectivity index (χ1) is 5.34. The maximum atomic E-state index is 4.27. The first-order valence-electron chi connectivity index (χ1n) is 3.94. The lowest BCUT2D eigenvalue weighted by Crippen LogP contribution is -1.89. The minimum absolute atomic E-state index is 1.08. The summed E-state index contributed by atoms with van der Waals surface area (Å²) in [6.07, 6.45) is 5.37. The van der Waals surface area contributed by atoms with Crippen LogP contribution in [0.1, 0.15) is 25.5 Å². The molecule has 0 radical (unpaired) electrons. The van der Waals surface area contributed by atoms with Crippen molar-refractivity contribution in [3.63, 3.8) is 0 Å². The maximum Gasteiger partial charge on any atom is 0.0545 e. The zero-order valence-corrected chi connectivity index (χ0v) is 8.26. The highest BCUT2D eigenvalue weighted by Gasteiger charge is 1.97. The largest absolute Gasteiger partial charge is 0.260 e. The molecule has 11 heavy (non-hydrogen) atoms. The van der Waals surface area contributed by atoms with Crippen LogP contribution in [0.4, 0.5) is 0 Å². The van der Waals surface area contributed by atoms with E-state index in [-0.39, 0.29) is 0 Å². The van der Waals surface area contributed by atoms with E-state index in [1.807, 2.05) is 18.3 Å². The number of halogens is 1. The third kappa shape index (κ3) is 2.62. The van der Waals surface area contributed by atoms with Crippen molar-refractivity contribution in [3.8, 4) is 0 Å². The molecule has 0 atom stereocenters. The predicted octanol–water partition coefficient (Wildman–Crippen LogP) is 3.19. The van der Waals surface area contributed by atoms with Crippen LogP contribution in [0.5, 0.6) is 0 Å². The second-order valence-electron chi connectivity index (χ2n) is 2.54. The molecule has 0 fully saturated rings. The average molecular weight is 214 g/mol. The molecule has 0 spiro atoms. The third-order valence-electron chi connectivity index (χ3n) is 1.60. The molecule has 0 aliphatic rings. The molecular weight excluding hydrogens is 202 g/mol. The number of nitrogens with zero attached hydrogens (tertiary/aromatic N) is 1. The molecule has 0 saturated carbocycles. The smallest absolute Gasteiger partial charge is 0.0545 e. The highest BCUT2D eigenvalue weighted by Crippen LogP contribution is 2.14. The molecule has 0 unspecified atom stereocenters. The van der Waals surface area contributed by atoms with Crippen LogP contribution in [-0.2, 0) is 6.42 Å². The Labute approximate surface area is 76.0 Å². The molecule has 0 aromatic carbocycles. The van der Waals surface area contributed by atoms with Crippen LogP contribution in [0.25, 0.3) is 0 Å². The second-order valence-corrected chi connectivity index (χ2v) is 3.39. The van der Waals surface area contributed by atoms with Crippen molar-refractivity contribution in [1.82, 2.24) is 4.98 Å². The summed E-state index contributed by atoms with van der Waals surface area (Å²) < 4.78 is 1.13. The van der Waals surface area contributed by atoms with Gasteiger partial charge >= 0.3 is 0 Å². The summed E-state index contributed by atoms with van der Waals surface area (Å²) in [7, 11) is 0. The van der Waals surface area contributed by atoms with Gasteiger partial charge in [-0.2, -0.15) is 0 Å². The predicted molar refractivity (Wildman–Crippen MR) is 50.5 cm³/mol. The van der Waals surface area contributed by atoms with Crippen molar-refractivity contribution in [1.29, 1.82) is 0 Å².